The van der Waals surface area contributed by atoms with E-state index in [0.717, 1.165) is 0 Å². The molecule has 70 valence electrons. The van der Waals surface area contributed by atoms with Crippen molar-refractivity contribution >= 4 is 0 Å². The Labute approximate surface area is 80.0 Å². The third kappa shape index (κ3) is 1.22. The maximum absolute atomic E-state index is 13.4. The molecule has 0 heterocycles. The molecule has 0 bridgehead atoms. The highest BCUT2D eigenvalue weighted by atomic mass is 19.1. The molecule has 0 aliphatic heterocycles. The van der Waals surface area contributed by atoms with Crippen LogP contribution in [-0.4, -0.2) is 0 Å². The molecule has 0 aliphatic rings. The molecule has 1 aromatic carbocycles. The minimum absolute atomic E-state index is 0.0676. The molecule has 1 aromatic rings. The van der Waals surface area contributed by atoms with Gasteiger partial charge in [-0.2, -0.15) is 10.5 Å². The monoisotopic (exact) mass is 192 g/mol. The maximum Gasteiger partial charge on any atom is 0.145 e. The molecule has 0 spiro atoms. The highest BCUT2D eigenvalue weighted by molar-refractivity contribution is 5.52. The molecule has 0 unspecified atom stereocenters. The highest BCUT2D eigenvalue weighted by Crippen LogP contribution is 2.23. The zero-order valence-electron chi connectivity index (χ0n) is 7.65. The predicted octanol–water partition coefficient (Wildman–Crippen LogP) is 2.33. The van der Waals surface area contributed by atoms with Crippen molar-refractivity contribution in [2.75, 3.05) is 0 Å². The molecule has 0 amide bonds. The van der Waals surface area contributed by atoms with Gasteiger partial charge in [-0.1, -0.05) is 0 Å². The van der Waals surface area contributed by atoms with Gasteiger partial charge in [0.2, 0.25) is 0 Å². The Bertz CT molecular complexity index is 434. The first kappa shape index (κ1) is 10.1. The minimum Gasteiger partial charge on any atom is -0.205 e. The van der Waals surface area contributed by atoms with Crippen LogP contribution in [-0.2, 0) is 0 Å². The summed E-state index contributed by atoms with van der Waals surface area (Å²) in [5, 5.41) is 17.1. The van der Waals surface area contributed by atoms with Crippen LogP contribution >= 0.6 is 0 Å². The van der Waals surface area contributed by atoms with E-state index in [1.807, 2.05) is 0 Å². The van der Waals surface area contributed by atoms with E-state index in [9.17, 15) is 8.78 Å². The third-order valence-electron chi connectivity index (χ3n) is 2.13. The minimum atomic E-state index is -0.817. The van der Waals surface area contributed by atoms with Crippen LogP contribution < -0.4 is 0 Å². The quantitative estimate of drug-likeness (QED) is 0.633. The molecule has 0 atom stereocenters. The van der Waals surface area contributed by atoms with Crippen molar-refractivity contribution in [3.63, 3.8) is 0 Å². The van der Waals surface area contributed by atoms with E-state index >= 15 is 0 Å². The Morgan fingerprint density at radius 2 is 1.14 bits per heavy atom. The van der Waals surface area contributed by atoms with E-state index in [1.54, 1.807) is 0 Å². The van der Waals surface area contributed by atoms with Crippen LogP contribution in [0.3, 0.4) is 0 Å². The molecule has 4 heteroatoms. The van der Waals surface area contributed by atoms with Gasteiger partial charge < -0.3 is 0 Å². The van der Waals surface area contributed by atoms with Crippen LogP contribution in [0.5, 0.6) is 0 Å². The second-order valence-electron chi connectivity index (χ2n) is 2.85. The second-order valence-corrected chi connectivity index (χ2v) is 2.85. The Morgan fingerprint density at radius 3 is 1.36 bits per heavy atom. The predicted molar refractivity (Wildman–Crippen MR) is 45.3 cm³/mol. The molecule has 0 fully saturated rings. The van der Waals surface area contributed by atoms with Gasteiger partial charge in [-0.05, 0) is 25.0 Å². The summed E-state index contributed by atoms with van der Waals surface area (Å²) in [5.41, 5.74) is -0.905. The summed E-state index contributed by atoms with van der Waals surface area (Å²) in [6.07, 6.45) is 0. The molecule has 0 aromatic heterocycles. The van der Waals surface area contributed by atoms with Crippen molar-refractivity contribution < 1.29 is 8.78 Å². The van der Waals surface area contributed by atoms with Crippen LogP contribution in [0.15, 0.2) is 0 Å². The zero-order valence-corrected chi connectivity index (χ0v) is 7.65. The molecule has 2 nitrogen and oxygen atoms in total. The second kappa shape index (κ2) is 3.43. The summed E-state index contributed by atoms with van der Waals surface area (Å²) in [6, 6.07) is 2.97. The molecule has 0 N–H and O–H groups in total. The highest BCUT2D eigenvalue weighted by Gasteiger charge is 2.19. The normalized spacial score (nSPS) is 9.29. The summed E-state index contributed by atoms with van der Waals surface area (Å²) in [7, 11) is 0. The first-order valence-electron chi connectivity index (χ1n) is 3.83. The van der Waals surface area contributed by atoms with E-state index in [4.69, 9.17) is 10.5 Å². The van der Waals surface area contributed by atoms with Crippen molar-refractivity contribution in [2.24, 2.45) is 0 Å². The number of nitriles is 2. The van der Waals surface area contributed by atoms with Gasteiger partial charge in [0.25, 0.3) is 0 Å². The summed E-state index contributed by atoms with van der Waals surface area (Å²) in [4.78, 5) is 0. The van der Waals surface area contributed by atoms with Crippen molar-refractivity contribution in [3.8, 4) is 12.1 Å². The van der Waals surface area contributed by atoms with Gasteiger partial charge in [-0.3, -0.25) is 0 Å². The number of hydrogen-bond donors (Lipinski definition) is 0. The standard InChI is InChI=1S/C10H6F2N2/c1-5-6(2)10(12)8(4-14)7(3-13)9(5)11/h1-2H3. The van der Waals surface area contributed by atoms with Gasteiger partial charge in [0.1, 0.15) is 34.9 Å². The first-order chi connectivity index (χ1) is 6.54. The fourth-order valence-corrected chi connectivity index (χ4v) is 1.13. The number of nitrogens with zero attached hydrogens (tertiary/aromatic N) is 2. The summed E-state index contributed by atoms with van der Waals surface area (Å²) >= 11 is 0. The molecule has 0 radical (unpaired) electrons. The fraction of sp³-hybridized carbons (Fsp3) is 0.200. The summed E-state index contributed by atoms with van der Waals surface area (Å²) in [6.45, 7) is 2.74. The first-order valence-corrected chi connectivity index (χ1v) is 3.83. The number of benzene rings is 1. The summed E-state index contributed by atoms with van der Waals surface area (Å²) in [5.74, 6) is -1.63. The number of halogens is 2. The smallest absolute Gasteiger partial charge is 0.145 e. The van der Waals surface area contributed by atoms with Crippen LogP contribution in [0, 0.1) is 48.1 Å². The zero-order chi connectivity index (χ0) is 10.9. The van der Waals surface area contributed by atoms with Gasteiger partial charge in [-0.25, -0.2) is 8.78 Å². The van der Waals surface area contributed by atoms with Crippen LogP contribution in [0.2, 0.25) is 0 Å². The number of hydrogen-bond acceptors (Lipinski definition) is 2. The Balaban J connectivity index is 3.79. The lowest BCUT2D eigenvalue weighted by molar-refractivity contribution is 0.578. The van der Waals surface area contributed by atoms with Gasteiger partial charge in [-0.15, -0.1) is 0 Å². The van der Waals surface area contributed by atoms with Crippen molar-refractivity contribution in [3.05, 3.63) is 33.9 Å². The number of rotatable bonds is 0. The lowest BCUT2D eigenvalue weighted by atomic mass is 9.99. The summed E-state index contributed by atoms with van der Waals surface area (Å²) < 4.78 is 26.7. The molecule has 0 saturated carbocycles. The average Bonchev–Trinajstić information content (AvgIpc) is 2.20. The average molecular weight is 192 g/mol. The molecule has 1 rings (SSSR count). The van der Waals surface area contributed by atoms with Gasteiger partial charge in [0, 0.05) is 0 Å². The molecule has 14 heavy (non-hydrogen) atoms. The molecule has 0 saturated heterocycles. The fourth-order valence-electron chi connectivity index (χ4n) is 1.13. The SMILES string of the molecule is Cc1c(C)c(F)c(C#N)c(C#N)c1F. The molecular weight excluding hydrogens is 186 g/mol. The Kier molecular flexibility index (Phi) is 2.49. The van der Waals surface area contributed by atoms with Crippen molar-refractivity contribution in [2.45, 2.75) is 13.8 Å². The van der Waals surface area contributed by atoms with E-state index < -0.39 is 22.8 Å². The topological polar surface area (TPSA) is 47.6 Å². The molecule has 0 aliphatic carbocycles. The van der Waals surface area contributed by atoms with Crippen LogP contribution in [0.25, 0.3) is 0 Å². The molecular formula is C10H6F2N2. The third-order valence-corrected chi connectivity index (χ3v) is 2.13. The Hall–Kier alpha value is -1.94. The van der Waals surface area contributed by atoms with Gasteiger partial charge in [0.15, 0.2) is 0 Å². The maximum atomic E-state index is 13.4. The van der Waals surface area contributed by atoms with Gasteiger partial charge >= 0.3 is 0 Å². The van der Waals surface area contributed by atoms with E-state index in [-0.39, 0.29) is 11.1 Å². The van der Waals surface area contributed by atoms with E-state index in [0.29, 0.717) is 0 Å². The van der Waals surface area contributed by atoms with E-state index in [2.05, 4.69) is 0 Å². The lowest BCUT2D eigenvalue weighted by Crippen LogP contribution is -2.02. The van der Waals surface area contributed by atoms with Crippen molar-refractivity contribution in [1.29, 1.82) is 10.5 Å². The Morgan fingerprint density at radius 1 is 0.857 bits per heavy atom. The van der Waals surface area contributed by atoms with Gasteiger partial charge in [0.05, 0.1) is 0 Å². The van der Waals surface area contributed by atoms with E-state index in [1.165, 1.54) is 26.0 Å². The largest absolute Gasteiger partial charge is 0.205 e. The van der Waals surface area contributed by atoms with Crippen LogP contribution in [0.4, 0.5) is 8.78 Å². The lowest BCUT2D eigenvalue weighted by Gasteiger charge is -2.06. The van der Waals surface area contributed by atoms with Crippen molar-refractivity contribution in [1.82, 2.24) is 0 Å². The van der Waals surface area contributed by atoms with Crippen LogP contribution in [0.1, 0.15) is 22.3 Å².